The third kappa shape index (κ3) is 2.77. The molecule has 0 bridgehead atoms. The summed E-state index contributed by atoms with van der Waals surface area (Å²) < 4.78 is 0. The second-order valence-electron chi connectivity index (χ2n) is 5.34. The van der Waals surface area contributed by atoms with Crippen LogP contribution in [0.5, 0.6) is 0 Å². The number of carbonyl (C=O) groups is 1. The van der Waals surface area contributed by atoms with Crippen molar-refractivity contribution in [2.75, 3.05) is 0 Å². The smallest absolute Gasteiger partial charge is 0.261 e. The van der Waals surface area contributed by atoms with Crippen LogP contribution in [-0.2, 0) is 19.4 Å². The highest BCUT2D eigenvalue weighted by Crippen LogP contribution is 2.33. The Kier molecular flexibility index (Phi) is 3.87. The van der Waals surface area contributed by atoms with Crippen molar-refractivity contribution in [2.24, 2.45) is 5.92 Å². The van der Waals surface area contributed by atoms with Gasteiger partial charge in [0.25, 0.3) is 5.91 Å². The van der Waals surface area contributed by atoms with Crippen LogP contribution in [0.3, 0.4) is 0 Å². The van der Waals surface area contributed by atoms with Crippen molar-refractivity contribution in [3.63, 3.8) is 0 Å². The Morgan fingerprint density at radius 3 is 3.25 bits per heavy atom. The van der Waals surface area contributed by atoms with E-state index in [2.05, 4.69) is 28.5 Å². The third-order valence-corrected chi connectivity index (χ3v) is 5.22. The molecule has 0 spiro atoms. The molecular weight excluding hydrogens is 270 g/mol. The van der Waals surface area contributed by atoms with Crippen LogP contribution in [0, 0.1) is 5.92 Å². The molecule has 1 aliphatic carbocycles. The number of H-pyrrole nitrogens is 1. The summed E-state index contributed by atoms with van der Waals surface area (Å²) >= 11 is 1.66. The highest BCUT2D eigenvalue weighted by atomic mass is 32.1. The summed E-state index contributed by atoms with van der Waals surface area (Å²) in [5, 5.41) is 9.65. The number of aromatic nitrogens is 2. The molecule has 1 unspecified atom stereocenters. The van der Waals surface area contributed by atoms with E-state index in [1.54, 1.807) is 17.5 Å². The van der Waals surface area contributed by atoms with Crippen LogP contribution in [0.1, 0.15) is 45.6 Å². The average Bonchev–Trinajstić information content (AvgIpc) is 3.12. The van der Waals surface area contributed by atoms with Crippen LogP contribution in [0.2, 0.25) is 0 Å². The molecule has 1 amide bonds. The average molecular weight is 289 g/mol. The van der Waals surface area contributed by atoms with E-state index in [-0.39, 0.29) is 5.91 Å². The maximum atomic E-state index is 12.2. The molecule has 0 aliphatic heterocycles. The lowest BCUT2D eigenvalue weighted by atomic mass is 9.87. The molecule has 0 aromatic carbocycles. The second kappa shape index (κ2) is 5.79. The van der Waals surface area contributed by atoms with E-state index in [9.17, 15) is 4.79 Å². The Hall–Kier alpha value is -1.62. The fourth-order valence-corrected chi connectivity index (χ4v) is 3.83. The Morgan fingerprint density at radius 1 is 1.60 bits per heavy atom. The molecule has 4 nitrogen and oxygen atoms in total. The quantitative estimate of drug-likeness (QED) is 0.909. The van der Waals surface area contributed by atoms with Crippen LogP contribution in [0.4, 0.5) is 0 Å². The van der Waals surface area contributed by atoms with Gasteiger partial charge in [-0.05, 0) is 42.9 Å². The predicted octanol–water partition coefficient (Wildman–Crippen LogP) is 2.92. The molecule has 20 heavy (non-hydrogen) atoms. The van der Waals surface area contributed by atoms with Gasteiger partial charge in [0.15, 0.2) is 0 Å². The number of fused-ring (bicyclic) bond motifs is 1. The highest BCUT2D eigenvalue weighted by molar-refractivity contribution is 7.14. The third-order valence-electron chi connectivity index (χ3n) is 3.98. The lowest BCUT2D eigenvalue weighted by Crippen LogP contribution is -2.22. The minimum Gasteiger partial charge on any atom is -0.346 e. The molecule has 3 rings (SSSR count). The molecule has 0 radical (unpaired) electrons. The van der Waals surface area contributed by atoms with Gasteiger partial charge in [-0.2, -0.15) is 5.10 Å². The summed E-state index contributed by atoms with van der Waals surface area (Å²) in [6, 6.07) is 3.95. The fourth-order valence-electron chi connectivity index (χ4n) is 2.71. The van der Waals surface area contributed by atoms with Crippen molar-refractivity contribution >= 4 is 17.2 Å². The van der Waals surface area contributed by atoms with Crippen LogP contribution in [-0.4, -0.2) is 16.1 Å². The number of rotatable bonds is 4. The number of hydrogen-bond acceptors (Lipinski definition) is 3. The van der Waals surface area contributed by atoms with E-state index in [0.717, 1.165) is 29.3 Å². The van der Waals surface area contributed by atoms with Gasteiger partial charge in [0.05, 0.1) is 17.1 Å². The van der Waals surface area contributed by atoms with E-state index in [4.69, 9.17) is 0 Å². The first kappa shape index (κ1) is 13.4. The highest BCUT2D eigenvalue weighted by Gasteiger charge is 2.21. The number of nitrogens with zero attached hydrogens (tertiary/aromatic N) is 1. The summed E-state index contributed by atoms with van der Waals surface area (Å²) in [6.07, 6.45) is 6.45. The van der Waals surface area contributed by atoms with Crippen molar-refractivity contribution in [3.8, 4) is 0 Å². The van der Waals surface area contributed by atoms with E-state index in [0.29, 0.717) is 6.54 Å². The zero-order valence-corrected chi connectivity index (χ0v) is 12.4. The zero-order chi connectivity index (χ0) is 13.9. The molecule has 2 aromatic rings. The van der Waals surface area contributed by atoms with Crippen LogP contribution in [0.15, 0.2) is 18.3 Å². The molecule has 0 saturated carbocycles. The monoisotopic (exact) mass is 289 g/mol. The number of carbonyl (C=O) groups excluding carboxylic acids is 1. The van der Waals surface area contributed by atoms with Crippen molar-refractivity contribution in [1.29, 1.82) is 0 Å². The number of thiophene rings is 1. The normalized spacial score (nSPS) is 17.8. The van der Waals surface area contributed by atoms with Crippen molar-refractivity contribution in [3.05, 3.63) is 39.3 Å². The van der Waals surface area contributed by atoms with Gasteiger partial charge in [0.2, 0.25) is 0 Å². The fraction of sp³-hybridized carbons (Fsp3) is 0.467. The van der Waals surface area contributed by atoms with Crippen LogP contribution in [0.25, 0.3) is 0 Å². The first-order valence-corrected chi connectivity index (χ1v) is 7.96. The SMILES string of the molecule is CCC1CCc2sc(C(=O)NCc3ccn[nH]3)cc2C1. The summed E-state index contributed by atoms with van der Waals surface area (Å²) in [5.41, 5.74) is 2.31. The Balaban J connectivity index is 1.65. The molecule has 0 saturated heterocycles. The van der Waals surface area contributed by atoms with Gasteiger partial charge in [0, 0.05) is 11.1 Å². The summed E-state index contributed by atoms with van der Waals surface area (Å²) in [5.74, 6) is 0.810. The number of aromatic amines is 1. The van der Waals surface area contributed by atoms with Crippen LogP contribution >= 0.6 is 11.3 Å². The van der Waals surface area contributed by atoms with Gasteiger partial charge in [-0.15, -0.1) is 11.3 Å². The lowest BCUT2D eigenvalue weighted by Gasteiger charge is -2.19. The van der Waals surface area contributed by atoms with Gasteiger partial charge >= 0.3 is 0 Å². The maximum absolute atomic E-state index is 12.2. The van der Waals surface area contributed by atoms with E-state index in [1.807, 2.05) is 6.07 Å². The van der Waals surface area contributed by atoms with Gasteiger partial charge in [-0.3, -0.25) is 9.89 Å². The largest absolute Gasteiger partial charge is 0.346 e. The van der Waals surface area contributed by atoms with Crippen molar-refractivity contribution in [2.45, 2.75) is 39.2 Å². The summed E-state index contributed by atoms with van der Waals surface area (Å²) in [6.45, 7) is 2.75. The van der Waals surface area contributed by atoms with Gasteiger partial charge in [0.1, 0.15) is 0 Å². The Bertz CT molecular complexity index is 588. The number of hydrogen-bond donors (Lipinski definition) is 2. The molecular formula is C15H19N3OS. The van der Waals surface area contributed by atoms with Gasteiger partial charge in [-0.1, -0.05) is 13.3 Å². The Labute approximate surface area is 122 Å². The summed E-state index contributed by atoms with van der Waals surface area (Å²) in [7, 11) is 0. The predicted molar refractivity (Wildman–Crippen MR) is 79.9 cm³/mol. The molecule has 1 atom stereocenters. The minimum atomic E-state index is 0.0204. The van der Waals surface area contributed by atoms with Crippen molar-refractivity contribution < 1.29 is 4.79 Å². The van der Waals surface area contributed by atoms with Crippen molar-refractivity contribution in [1.82, 2.24) is 15.5 Å². The lowest BCUT2D eigenvalue weighted by molar-refractivity contribution is 0.0954. The summed E-state index contributed by atoms with van der Waals surface area (Å²) in [4.78, 5) is 14.4. The molecule has 5 heteroatoms. The second-order valence-corrected chi connectivity index (χ2v) is 6.48. The maximum Gasteiger partial charge on any atom is 0.261 e. The molecule has 106 valence electrons. The topological polar surface area (TPSA) is 57.8 Å². The van der Waals surface area contributed by atoms with Crippen LogP contribution < -0.4 is 5.32 Å². The molecule has 2 aromatic heterocycles. The zero-order valence-electron chi connectivity index (χ0n) is 11.6. The van der Waals surface area contributed by atoms with E-state index >= 15 is 0 Å². The number of amides is 1. The first-order valence-electron chi connectivity index (χ1n) is 7.14. The molecule has 2 N–H and O–H groups in total. The van der Waals surface area contributed by atoms with E-state index in [1.165, 1.54) is 23.3 Å². The first-order chi connectivity index (χ1) is 9.76. The van der Waals surface area contributed by atoms with E-state index < -0.39 is 0 Å². The molecule has 2 heterocycles. The molecule has 1 aliphatic rings. The number of nitrogens with one attached hydrogen (secondary N) is 2. The Morgan fingerprint density at radius 2 is 2.50 bits per heavy atom. The van der Waals surface area contributed by atoms with Gasteiger partial charge in [-0.25, -0.2) is 0 Å². The number of aryl methyl sites for hydroxylation is 1. The minimum absolute atomic E-state index is 0.0204. The molecule has 0 fully saturated rings. The standard InChI is InChI=1S/C15H19N3OS/c1-2-10-3-4-13-11(7-10)8-14(20-13)15(19)16-9-12-5-6-17-18-12/h5-6,8,10H,2-4,7,9H2,1H3,(H,16,19)(H,17,18). The van der Waals surface area contributed by atoms with Gasteiger partial charge < -0.3 is 5.32 Å².